The van der Waals surface area contributed by atoms with E-state index < -0.39 is 0 Å². The van der Waals surface area contributed by atoms with Crippen molar-refractivity contribution in [3.63, 3.8) is 0 Å². The molecule has 0 atom stereocenters. The molecule has 0 radical (unpaired) electrons. The quantitative estimate of drug-likeness (QED) is 0.141. The first-order chi connectivity index (χ1) is 37.7. The molecule has 4 heteroatoms. The zero-order chi connectivity index (χ0) is 50.1. The molecule has 0 bridgehead atoms. The fraction of sp³-hybridized carbons (Fsp3) is 0. The van der Waals surface area contributed by atoms with Gasteiger partial charge in [0.25, 0.3) is 6.71 Å². The molecule has 3 aliphatic rings. The summed E-state index contributed by atoms with van der Waals surface area (Å²) >= 11 is 0. The Morgan fingerprint density at radius 2 is 0.658 bits per heavy atom. The minimum Gasteiger partial charge on any atom is -0.311 e. The van der Waals surface area contributed by atoms with Gasteiger partial charge in [-0.3, -0.25) is 0 Å². The normalized spacial score (nSPS) is 12.4. The van der Waals surface area contributed by atoms with Gasteiger partial charge in [0.2, 0.25) is 0 Å². The second-order valence-corrected chi connectivity index (χ2v) is 20.0. The van der Waals surface area contributed by atoms with Crippen LogP contribution < -0.4 is 31.1 Å². The van der Waals surface area contributed by atoms with E-state index in [-0.39, 0.29) is 6.71 Å². The lowest BCUT2D eigenvalue weighted by molar-refractivity contribution is 1.23. The molecule has 0 unspecified atom stereocenters. The Bertz CT molecular complexity index is 4110. The summed E-state index contributed by atoms with van der Waals surface area (Å²) in [6.45, 7) is -0.148. The Morgan fingerprint density at radius 1 is 0.250 bits per heavy atom. The molecule has 12 aromatic carbocycles. The molecule has 0 amide bonds. The van der Waals surface area contributed by atoms with E-state index in [1.54, 1.807) is 0 Å². The van der Waals surface area contributed by atoms with Crippen molar-refractivity contribution in [2.45, 2.75) is 0 Å². The SMILES string of the molecule is c1ccc(-c2ccc(N3c4ccc(-c5ccccc5)cc4B4c5cc(-c6ccccc6)cc6c5N(c5ccc(-c7ccccc7)cc5-c5ccccc5-6)c5cc(N(c6ccccc6)c6ccccc6)cc3c54)cc2)cc1. The van der Waals surface area contributed by atoms with Crippen molar-refractivity contribution in [3.8, 4) is 66.8 Å². The summed E-state index contributed by atoms with van der Waals surface area (Å²) in [5.74, 6) is 0. The molecule has 0 spiro atoms. The highest BCUT2D eigenvalue weighted by Gasteiger charge is 2.46. The first-order valence-electron chi connectivity index (χ1n) is 26.3. The molecule has 76 heavy (non-hydrogen) atoms. The van der Waals surface area contributed by atoms with E-state index in [2.05, 4.69) is 306 Å². The van der Waals surface area contributed by atoms with Crippen LogP contribution in [0.1, 0.15) is 0 Å². The van der Waals surface area contributed by atoms with Gasteiger partial charge in [0.15, 0.2) is 0 Å². The molecule has 12 aromatic rings. The maximum atomic E-state index is 2.64. The van der Waals surface area contributed by atoms with Crippen LogP contribution in [0.15, 0.2) is 291 Å². The first kappa shape index (κ1) is 43.7. The average Bonchev–Trinajstić information content (AvgIpc) is 3.66. The Hall–Kier alpha value is -9.90. The van der Waals surface area contributed by atoms with Gasteiger partial charge in [0.1, 0.15) is 0 Å². The van der Waals surface area contributed by atoms with Crippen LogP contribution in [-0.4, -0.2) is 6.71 Å². The van der Waals surface area contributed by atoms with E-state index in [0.717, 1.165) is 45.5 Å². The minimum atomic E-state index is -0.148. The van der Waals surface area contributed by atoms with Crippen LogP contribution in [0.3, 0.4) is 0 Å². The van der Waals surface area contributed by atoms with Gasteiger partial charge in [0.05, 0.1) is 11.4 Å². The highest BCUT2D eigenvalue weighted by atomic mass is 15.2. The number of rotatable bonds is 8. The average molecular weight is 966 g/mol. The number of benzene rings is 12. The molecule has 0 aromatic heterocycles. The largest absolute Gasteiger partial charge is 0.311 e. The van der Waals surface area contributed by atoms with Crippen LogP contribution in [0, 0.1) is 0 Å². The van der Waals surface area contributed by atoms with Gasteiger partial charge in [0, 0.05) is 50.9 Å². The molecule has 0 aliphatic carbocycles. The van der Waals surface area contributed by atoms with Crippen molar-refractivity contribution < 1.29 is 0 Å². The standard InChI is InChI=1S/C72H48BN3/c1-7-21-49(22-8-1)53-35-39-59(40-36-53)75-68-42-38-55(51-25-11-3-12-26-51)45-65(68)73-66-46-56(52-27-13-4-14-28-52)44-64-62-34-20-19-33-61(62)63-43-54(50-23-9-2-10-24-50)37-41-67(63)76(72(64)66)70-48-60(47-69(75)71(70)73)74(57-29-15-5-16-30-57)58-31-17-6-18-32-58/h1-48H. The number of hydrogen-bond donors (Lipinski definition) is 0. The lowest BCUT2D eigenvalue weighted by atomic mass is 9.33. The number of para-hydroxylation sites is 2. The van der Waals surface area contributed by atoms with Gasteiger partial charge in [-0.2, -0.15) is 0 Å². The topological polar surface area (TPSA) is 9.72 Å². The van der Waals surface area contributed by atoms with Crippen LogP contribution in [0.2, 0.25) is 0 Å². The van der Waals surface area contributed by atoms with E-state index >= 15 is 0 Å². The molecule has 354 valence electrons. The molecule has 0 N–H and O–H groups in total. The molecule has 15 rings (SSSR count). The van der Waals surface area contributed by atoms with Crippen LogP contribution >= 0.6 is 0 Å². The van der Waals surface area contributed by atoms with E-state index in [1.807, 2.05) is 0 Å². The third-order valence-electron chi connectivity index (χ3n) is 15.7. The number of nitrogens with zero attached hydrogens (tertiary/aromatic N) is 3. The Kier molecular flexibility index (Phi) is 10.3. The fourth-order valence-corrected chi connectivity index (χ4v) is 12.3. The summed E-state index contributed by atoms with van der Waals surface area (Å²) in [4.78, 5) is 7.61. The molecular weight excluding hydrogens is 918 g/mol. The van der Waals surface area contributed by atoms with Gasteiger partial charge in [-0.25, -0.2) is 0 Å². The Labute approximate surface area is 444 Å². The van der Waals surface area contributed by atoms with Crippen molar-refractivity contribution >= 4 is 74.3 Å². The third kappa shape index (κ3) is 7.14. The maximum absolute atomic E-state index is 2.64. The number of hydrogen-bond acceptors (Lipinski definition) is 3. The van der Waals surface area contributed by atoms with Gasteiger partial charge < -0.3 is 14.7 Å². The fourth-order valence-electron chi connectivity index (χ4n) is 12.3. The second kappa shape index (κ2) is 17.9. The van der Waals surface area contributed by atoms with Crippen LogP contribution in [0.5, 0.6) is 0 Å². The zero-order valence-electron chi connectivity index (χ0n) is 41.6. The predicted molar refractivity (Wildman–Crippen MR) is 321 cm³/mol. The van der Waals surface area contributed by atoms with Crippen LogP contribution in [0.4, 0.5) is 51.2 Å². The van der Waals surface area contributed by atoms with E-state index in [0.29, 0.717) is 0 Å². The van der Waals surface area contributed by atoms with Crippen molar-refractivity contribution in [1.82, 2.24) is 0 Å². The smallest absolute Gasteiger partial charge is 0.252 e. The van der Waals surface area contributed by atoms with Crippen LogP contribution in [0.25, 0.3) is 66.8 Å². The Morgan fingerprint density at radius 3 is 1.22 bits per heavy atom. The van der Waals surface area contributed by atoms with E-state index in [4.69, 9.17) is 0 Å². The lowest BCUT2D eigenvalue weighted by Gasteiger charge is -2.45. The lowest BCUT2D eigenvalue weighted by Crippen LogP contribution is -2.61. The summed E-state index contributed by atoms with van der Waals surface area (Å²) in [5, 5.41) is 0. The second-order valence-electron chi connectivity index (χ2n) is 20.0. The van der Waals surface area contributed by atoms with Crippen molar-refractivity contribution in [3.05, 3.63) is 291 Å². The minimum absolute atomic E-state index is 0.148. The van der Waals surface area contributed by atoms with Crippen molar-refractivity contribution in [2.24, 2.45) is 0 Å². The monoisotopic (exact) mass is 965 g/mol. The number of anilines is 9. The van der Waals surface area contributed by atoms with Gasteiger partial charge >= 0.3 is 0 Å². The summed E-state index contributed by atoms with van der Waals surface area (Å²) < 4.78 is 0. The Balaban J connectivity index is 1.09. The van der Waals surface area contributed by atoms with E-state index in [1.165, 1.54) is 88.8 Å². The third-order valence-corrected chi connectivity index (χ3v) is 15.7. The summed E-state index contributed by atoms with van der Waals surface area (Å²) in [6, 6.07) is 108. The molecule has 0 fully saturated rings. The molecule has 3 nitrogen and oxygen atoms in total. The number of fused-ring (bicyclic) bond motifs is 9. The highest BCUT2D eigenvalue weighted by molar-refractivity contribution is 7.00. The molecular formula is C72H48BN3. The predicted octanol–water partition coefficient (Wildman–Crippen LogP) is 17.6. The molecule has 3 heterocycles. The summed E-state index contributed by atoms with van der Waals surface area (Å²) in [5.41, 5.74) is 28.3. The van der Waals surface area contributed by atoms with Crippen molar-refractivity contribution in [2.75, 3.05) is 14.7 Å². The van der Waals surface area contributed by atoms with Crippen LogP contribution in [-0.2, 0) is 0 Å². The first-order valence-corrected chi connectivity index (χ1v) is 26.3. The zero-order valence-corrected chi connectivity index (χ0v) is 41.6. The molecule has 3 aliphatic heterocycles. The summed E-state index contributed by atoms with van der Waals surface area (Å²) in [7, 11) is 0. The summed E-state index contributed by atoms with van der Waals surface area (Å²) in [6.07, 6.45) is 0. The van der Waals surface area contributed by atoms with Gasteiger partial charge in [-0.15, -0.1) is 0 Å². The molecule has 0 saturated carbocycles. The highest BCUT2D eigenvalue weighted by Crippen LogP contribution is 2.56. The van der Waals surface area contributed by atoms with Crippen molar-refractivity contribution in [1.29, 1.82) is 0 Å². The van der Waals surface area contributed by atoms with E-state index in [9.17, 15) is 0 Å². The molecule has 0 saturated heterocycles. The van der Waals surface area contributed by atoms with Gasteiger partial charge in [-0.1, -0.05) is 218 Å². The van der Waals surface area contributed by atoms with Gasteiger partial charge in [-0.05, 0) is 145 Å². The maximum Gasteiger partial charge on any atom is 0.252 e.